The fraction of sp³-hybridized carbons (Fsp3) is 0.929. The molecule has 0 spiro atoms. The van der Waals surface area contributed by atoms with Gasteiger partial charge in [-0.25, -0.2) is 0 Å². The maximum atomic E-state index is 9.44. The Morgan fingerprint density at radius 3 is 2.06 bits per heavy atom. The van der Waals surface area contributed by atoms with Gasteiger partial charge in [0.1, 0.15) is 0 Å². The van der Waals surface area contributed by atoms with E-state index in [0.717, 1.165) is 25.7 Å². The number of hydroxylamine groups is 2. The normalized spacial score (nSPS) is 20.6. The standard InChI is InChI=1S/C14H26N2O/c1-12(2)16(13(3,4)5)17-14(11-15)9-7-6-8-10-14/h12H,6-10H2,1-5H3. The van der Waals surface area contributed by atoms with Gasteiger partial charge in [0, 0.05) is 11.6 Å². The molecular weight excluding hydrogens is 212 g/mol. The number of nitriles is 1. The minimum atomic E-state index is -0.587. The van der Waals surface area contributed by atoms with Gasteiger partial charge in [-0.1, -0.05) is 6.42 Å². The van der Waals surface area contributed by atoms with Gasteiger partial charge in [0.05, 0.1) is 6.07 Å². The van der Waals surface area contributed by atoms with Crippen molar-refractivity contribution in [2.45, 2.75) is 83.9 Å². The summed E-state index contributed by atoms with van der Waals surface area (Å²) in [6, 6.07) is 2.69. The molecule has 0 atom stereocenters. The van der Waals surface area contributed by atoms with Crippen molar-refractivity contribution < 1.29 is 4.84 Å². The second kappa shape index (κ2) is 5.37. The lowest BCUT2D eigenvalue weighted by Crippen LogP contribution is -2.52. The van der Waals surface area contributed by atoms with Crippen molar-refractivity contribution in [2.24, 2.45) is 0 Å². The van der Waals surface area contributed by atoms with Gasteiger partial charge in [-0.05, 0) is 60.3 Å². The molecule has 1 aliphatic carbocycles. The summed E-state index contributed by atoms with van der Waals surface area (Å²) in [6.45, 7) is 10.6. The SMILES string of the molecule is CC(C)N(OC1(C#N)CCCCC1)C(C)(C)C. The highest BCUT2D eigenvalue weighted by molar-refractivity contribution is 5.03. The summed E-state index contributed by atoms with van der Waals surface area (Å²) in [5.74, 6) is 0. The van der Waals surface area contributed by atoms with Gasteiger partial charge in [0.15, 0.2) is 5.60 Å². The molecule has 0 N–H and O–H groups in total. The molecule has 3 heteroatoms. The number of nitrogens with zero attached hydrogens (tertiary/aromatic N) is 2. The van der Waals surface area contributed by atoms with Gasteiger partial charge in [-0.3, -0.25) is 4.84 Å². The van der Waals surface area contributed by atoms with Crippen LogP contribution in [-0.2, 0) is 4.84 Å². The Bertz CT molecular complexity index is 280. The molecular formula is C14H26N2O. The third-order valence-corrected chi connectivity index (χ3v) is 3.27. The molecule has 0 amide bonds. The van der Waals surface area contributed by atoms with Crippen molar-refractivity contribution in [1.29, 1.82) is 5.26 Å². The van der Waals surface area contributed by atoms with E-state index in [9.17, 15) is 5.26 Å². The predicted molar refractivity (Wildman–Crippen MR) is 69.2 cm³/mol. The fourth-order valence-corrected chi connectivity index (χ4v) is 2.55. The van der Waals surface area contributed by atoms with E-state index in [-0.39, 0.29) is 11.6 Å². The first-order valence-electron chi connectivity index (χ1n) is 6.70. The highest BCUT2D eigenvalue weighted by Gasteiger charge is 2.39. The van der Waals surface area contributed by atoms with E-state index in [1.165, 1.54) is 6.42 Å². The van der Waals surface area contributed by atoms with E-state index in [1.807, 2.05) is 5.06 Å². The minimum absolute atomic E-state index is 0.0739. The molecule has 0 saturated heterocycles. The van der Waals surface area contributed by atoms with Crippen molar-refractivity contribution in [3.8, 4) is 6.07 Å². The van der Waals surface area contributed by atoms with Crippen molar-refractivity contribution >= 4 is 0 Å². The lowest BCUT2D eigenvalue weighted by Gasteiger charge is -2.43. The fourth-order valence-electron chi connectivity index (χ4n) is 2.55. The highest BCUT2D eigenvalue weighted by atomic mass is 16.7. The van der Waals surface area contributed by atoms with Gasteiger partial charge >= 0.3 is 0 Å². The zero-order valence-corrected chi connectivity index (χ0v) is 11.9. The van der Waals surface area contributed by atoms with Crippen molar-refractivity contribution in [1.82, 2.24) is 5.06 Å². The summed E-state index contributed by atoms with van der Waals surface area (Å²) >= 11 is 0. The van der Waals surface area contributed by atoms with Gasteiger partial charge in [-0.15, -0.1) is 0 Å². The molecule has 0 aromatic rings. The van der Waals surface area contributed by atoms with Crippen LogP contribution in [-0.4, -0.2) is 22.2 Å². The summed E-state index contributed by atoms with van der Waals surface area (Å²) in [5, 5.41) is 11.4. The van der Waals surface area contributed by atoms with Crippen LogP contribution >= 0.6 is 0 Å². The van der Waals surface area contributed by atoms with Crippen LogP contribution in [0.1, 0.15) is 66.7 Å². The van der Waals surface area contributed by atoms with Gasteiger partial charge in [-0.2, -0.15) is 10.3 Å². The Morgan fingerprint density at radius 2 is 1.71 bits per heavy atom. The number of hydrogen-bond donors (Lipinski definition) is 0. The van der Waals surface area contributed by atoms with Crippen molar-refractivity contribution in [3.05, 3.63) is 0 Å². The Morgan fingerprint density at radius 1 is 1.18 bits per heavy atom. The maximum Gasteiger partial charge on any atom is 0.175 e. The van der Waals surface area contributed by atoms with Crippen LogP contribution in [0.25, 0.3) is 0 Å². The number of rotatable bonds is 3. The lowest BCUT2D eigenvalue weighted by atomic mass is 9.86. The molecule has 3 nitrogen and oxygen atoms in total. The summed E-state index contributed by atoms with van der Waals surface area (Å²) in [6.07, 6.45) is 5.16. The Labute approximate surface area is 106 Å². The molecule has 0 unspecified atom stereocenters. The van der Waals surface area contributed by atoms with Crippen LogP contribution in [0.3, 0.4) is 0 Å². The zero-order valence-electron chi connectivity index (χ0n) is 11.9. The lowest BCUT2D eigenvalue weighted by molar-refractivity contribution is -0.287. The van der Waals surface area contributed by atoms with Crippen LogP contribution in [0.4, 0.5) is 0 Å². The van der Waals surface area contributed by atoms with E-state index in [0.29, 0.717) is 0 Å². The topological polar surface area (TPSA) is 36.3 Å². The van der Waals surface area contributed by atoms with E-state index >= 15 is 0 Å². The molecule has 17 heavy (non-hydrogen) atoms. The average Bonchev–Trinajstić information content (AvgIpc) is 2.25. The average molecular weight is 238 g/mol. The van der Waals surface area contributed by atoms with Crippen LogP contribution in [0.5, 0.6) is 0 Å². The molecule has 0 radical (unpaired) electrons. The van der Waals surface area contributed by atoms with Crippen LogP contribution in [0.15, 0.2) is 0 Å². The molecule has 0 aliphatic heterocycles. The van der Waals surface area contributed by atoms with E-state index in [4.69, 9.17) is 4.84 Å². The third-order valence-electron chi connectivity index (χ3n) is 3.27. The van der Waals surface area contributed by atoms with E-state index in [1.54, 1.807) is 0 Å². The quantitative estimate of drug-likeness (QED) is 0.704. The van der Waals surface area contributed by atoms with E-state index < -0.39 is 5.60 Å². The van der Waals surface area contributed by atoms with Crippen LogP contribution in [0, 0.1) is 11.3 Å². The minimum Gasteiger partial charge on any atom is -0.276 e. The number of hydrogen-bond acceptors (Lipinski definition) is 3. The van der Waals surface area contributed by atoms with Crippen molar-refractivity contribution in [2.75, 3.05) is 0 Å². The third kappa shape index (κ3) is 3.69. The van der Waals surface area contributed by atoms with Crippen LogP contribution in [0.2, 0.25) is 0 Å². The second-order valence-corrected chi connectivity index (χ2v) is 6.35. The molecule has 0 heterocycles. The molecule has 1 aliphatic rings. The Balaban J connectivity index is 2.81. The highest BCUT2D eigenvalue weighted by Crippen LogP contribution is 2.34. The van der Waals surface area contributed by atoms with Gasteiger partial charge in [0.25, 0.3) is 0 Å². The molecule has 1 saturated carbocycles. The predicted octanol–water partition coefficient (Wildman–Crippen LogP) is 3.65. The Hall–Kier alpha value is -0.590. The maximum absolute atomic E-state index is 9.44. The molecule has 98 valence electrons. The molecule has 0 aromatic heterocycles. The van der Waals surface area contributed by atoms with Gasteiger partial charge < -0.3 is 0 Å². The molecule has 1 fully saturated rings. The molecule has 0 bridgehead atoms. The van der Waals surface area contributed by atoms with Crippen molar-refractivity contribution in [3.63, 3.8) is 0 Å². The van der Waals surface area contributed by atoms with E-state index in [2.05, 4.69) is 40.7 Å². The summed E-state index contributed by atoms with van der Waals surface area (Å²) in [5.41, 5.74) is -0.661. The summed E-state index contributed by atoms with van der Waals surface area (Å²) in [4.78, 5) is 6.13. The summed E-state index contributed by atoms with van der Waals surface area (Å²) < 4.78 is 0. The first-order valence-corrected chi connectivity index (χ1v) is 6.70. The smallest absolute Gasteiger partial charge is 0.175 e. The second-order valence-electron chi connectivity index (χ2n) is 6.35. The largest absolute Gasteiger partial charge is 0.276 e. The van der Waals surface area contributed by atoms with Gasteiger partial charge in [0.2, 0.25) is 0 Å². The summed E-state index contributed by atoms with van der Waals surface area (Å²) in [7, 11) is 0. The molecule has 0 aromatic carbocycles. The molecule has 1 rings (SSSR count). The first-order chi connectivity index (χ1) is 7.81. The monoisotopic (exact) mass is 238 g/mol. The Kier molecular flexibility index (Phi) is 4.57. The first kappa shape index (κ1) is 14.5. The zero-order chi connectivity index (χ0) is 13.1. The van der Waals surface area contributed by atoms with Crippen LogP contribution < -0.4 is 0 Å².